The molecule has 33 heavy (non-hydrogen) atoms. The van der Waals surface area contributed by atoms with E-state index in [1.807, 2.05) is 35.2 Å². The van der Waals surface area contributed by atoms with Crippen molar-refractivity contribution in [2.75, 3.05) is 39.4 Å². The summed E-state index contributed by atoms with van der Waals surface area (Å²) in [6.45, 7) is 2.96. The van der Waals surface area contributed by atoms with E-state index in [0.29, 0.717) is 42.6 Å². The lowest BCUT2D eigenvalue weighted by molar-refractivity contribution is -0.129. The summed E-state index contributed by atoms with van der Waals surface area (Å²) in [4.78, 5) is 19.9. The minimum Gasteiger partial charge on any atom is -0.431 e. The van der Waals surface area contributed by atoms with Crippen LogP contribution in [0.2, 0.25) is 0 Å². The van der Waals surface area contributed by atoms with Gasteiger partial charge in [-0.25, -0.2) is 13.4 Å². The van der Waals surface area contributed by atoms with E-state index in [0.717, 1.165) is 31.5 Å². The summed E-state index contributed by atoms with van der Waals surface area (Å²) in [6.07, 6.45) is 2.03. The Balaban J connectivity index is 1.43. The summed E-state index contributed by atoms with van der Waals surface area (Å²) in [5, 5.41) is -0.138. The fourth-order valence-corrected chi connectivity index (χ4v) is 6.59. The molecule has 0 radical (unpaired) electrons. The highest BCUT2D eigenvalue weighted by Crippen LogP contribution is 2.38. The zero-order valence-corrected chi connectivity index (χ0v) is 19.7. The van der Waals surface area contributed by atoms with Gasteiger partial charge in [0.2, 0.25) is 15.9 Å². The lowest BCUT2D eigenvalue weighted by Gasteiger charge is -2.25. The summed E-state index contributed by atoms with van der Waals surface area (Å²) in [5.74, 6) is 0.0431. The van der Waals surface area contributed by atoms with Gasteiger partial charge in [-0.2, -0.15) is 4.31 Å². The number of sulfonamides is 1. The number of oxazole rings is 1. The molecule has 2 aliphatic rings. The Kier molecular flexibility index (Phi) is 6.42. The predicted molar refractivity (Wildman–Crippen MR) is 124 cm³/mol. The quantitative estimate of drug-likeness (QED) is 0.493. The second kappa shape index (κ2) is 9.46. The highest BCUT2D eigenvalue weighted by atomic mass is 32.2. The molecule has 174 valence electrons. The number of ether oxygens (including phenoxy) is 1. The van der Waals surface area contributed by atoms with Crippen LogP contribution >= 0.6 is 11.8 Å². The Labute approximate surface area is 197 Å². The molecule has 10 heteroatoms. The molecule has 8 nitrogen and oxygen atoms in total. The summed E-state index contributed by atoms with van der Waals surface area (Å²) in [6, 6.07) is 14.3. The predicted octanol–water partition coefficient (Wildman–Crippen LogP) is 3.30. The summed E-state index contributed by atoms with van der Waals surface area (Å²) in [5.41, 5.74) is 1.82. The van der Waals surface area contributed by atoms with E-state index in [-0.39, 0.29) is 10.8 Å². The van der Waals surface area contributed by atoms with Crippen molar-refractivity contribution in [1.29, 1.82) is 0 Å². The molecule has 2 fully saturated rings. The van der Waals surface area contributed by atoms with Crippen LogP contribution in [-0.4, -0.2) is 67.9 Å². The number of benzene rings is 2. The SMILES string of the molecule is O=C(C(Sc1nc2cc(S(=O)(=O)N3CCOCC3)ccc2o1)c1ccccc1)N1CCCC1. The van der Waals surface area contributed by atoms with Crippen molar-refractivity contribution in [3.8, 4) is 0 Å². The van der Waals surface area contributed by atoms with Crippen LogP contribution in [0.25, 0.3) is 11.1 Å². The number of hydrogen-bond donors (Lipinski definition) is 0. The number of morpholine rings is 1. The lowest BCUT2D eigenvalue weighted by Crippen LogP contribution is -2.40. The molecule has 1 aromatic heterocycles. The topological polar surface area (TPSA) is 92.9 Å². The standard InChI is InChI=1S/C23H25N3O5S2/c27-22(25-10-4-5-11-25)21(17-6-2-1-3-7-17)32-23-24-19-16-18(8-9-20(19)31-23)33(28,29)26-12-14-30-15-13-26/h1-3,6-9,16,21H,4-5,10-15H2. The van der Waals surface area contributed by atoms with Gasteiger partial charge in [0.25, 0.3) is 5.22 Å². The second-order valence-electron chi connectivity index (χ2n) is 8.07. The molecule has 0 bridgehead atoms. The van der Waals surface area contributed by atoms with Crippen LogP contribution in [0.4, 0.5) is 0 Å². The number of likely N-dealkylation sites (tertiary alicyclic amines) is 1. The molecule has 0 spiro atoms. The number of nitrogens with zero attached hydrogens (tertiary/aromatic N) is 3. The van der Waals surface area contributed by atoms with Crippen molar-refractivity contribution in [1.82, 2.24) is 14.2 Å². The first-order chi connectivity index (χ1) is 16.0. The van der Waals surface area contributed by atoms with E-state index >= 15 is 0 Å². The monoisotopic (exact) mass is 487 g/mol. The minimum absolute atomic E-state index is 0.0431. The van der Waals surface area contributed by atoms with Crippen LogP contribution in [0.5, 0.6) is 0 Å². The van der Waals surface area contributed by atoms with E-state index in [2.05, 4.69) is 4.98 Å². The number of carbonyl (C=O) groups is 1. The Morgan fingerprint density at radius 2 is 1.73 bits per heavy atom. The van der Waals surface area contributed by atoms with Gasteiger partial charge in [0, 0.05) is 26.2 Å². The number of rotatable bonds is 6. The molecule has 1 amide bonds. The van der Waals surface area contributed by atoms with E-state index in [1.165, 1.54) is 28.2 Å². The van der Waals surface area contributed by atoms with Crippen molar-refractivity contribution in [2.45, 2.75) is 28.2 Å². The van der Waals surface area contributed by atoms with Gasteiger partial charge in [0.05, 0.1) is 18.1 Å². The molecule has 1 unspecified atom stereocenters. The number of hydrogen-bond acceptors (Lipinski definition) is 7. The molecule has 2 aliphatic heterocycles. The highest BCUT2D eigenvalue weighted by molar-refractivity contribution is 8.00. The molecule has 0 N–H and O–H groups in total. The zero-order valence-electron chi connectivity index (χ0n) is 18.1. The van der Waals surface area contributed by atoms with Gasteiger partial charge in [-0.05, 0) is 48.4 Å². The highest BCUT2D eigenvalue weighted by Gasteiger charge is 2.31. The van der Waals surface area contributed by atoms with Crippen LogP contribution < -0.4 is 0 Å². The lowest BCUT2D eigenvalue weighted by atomic mass is 10.1. The van der Waals surface area contributed by atoms with Crippen LogP contribution in [0.3, 0.4) is 0 Å². The van der Waals surface area contributed by atoms with Crippen molar-refractivity contribution in [3.63, 3.8) is 0 Å². The van der Waals surface area contributed by atoms with Crippen molar-refractivity contribution in [3.05, 3.63) is 54.1 Å². The molecule has 0 saturated carbocycles. The van der Waals surface area contributed by atoms with E-state index in [1.54, 1.807) is 6.07 Å². The van der Waals surface area contributed by atoms with E-state index in [9.17, 15) is 13.2 Å². The third-order valence-corrected chi connectivity index (χ3v) is 8.89. The zero-order chi connectivity index (χ0) is 22.8. The summed E-state index contributed by atoms with van der Waals surface area (Å²) >= 11 is 1.26. The Morgan fingerprint density at radius 1 is 1.00 bits per heavy atom. The van der Waals surface area contributed by atoms with Gasteiger partial charge in [0.1, 0.15) is 10.8 Å². The first kappa shape index (κ1) is 22.4. The number of fused-ring (bicyclic) bond motifs is 1. The third kappa shape index (κ3) is 4.65. The molecule has 0 aliphatic carbocycles. The molecule has 5 rings (SSSR count). The van der Waals surface area contributed by atoms with Gasteiger partial charge >= 0.3 is 0 Å². The van der Waals surface area contributed by atoms with Gasteiger partial charge in [-0.15, -0.1) is 0 Å². The van der Waals surface area contributed by atoms with Gasteiger partial charge in [-0.1, -0.05) is 30.3 Å². The van der Waals surface area contributed by atoms with Crippen LogP contribution in [0, 0.1) is 0 Å². The third-order valence-electron chi connectivity index (χ3n) is 5.91. The normalized spacial score (nSPS) is 18.6. The van der Waals surface area contributed by atoms with Crippen LogP contribution in [0.15, 0.2) is 63.1 Å². The van der Waals surface area contributed by atoms with Crippen molar-refractivity contribution >= 4 is 38.8 Å². The smallest absolute Gasteiger partial charge is 0.257 e. The van der Waals surface area contributed by atoms with Crippen LogP contribution in [0.1, 0.15) is 23.7 Å². The Morgan fingerprint density at radius 3 is 2.45 bits per heavy atom. The number of aromatic nitrogens is 1. The molecule has 2 saturated heterocycles. The maximum absolute atomic E-state index is 13.3. The maximum atomic E-state index is 13.3. The average Bonchev–Trinajstić information content (AvgIpc) is 3.53. The average molecular weight is 488 g/mol. The second-order valence-corrected chi connectivity index (χ2v) is 11.1. The minimum atomic E-state index is -3.63. The Hall–Kier alpha value is -2.40. The van der Waals surface area contributed by atoms with Crippen LogP contribution in [-0.2, 0) is 19.6 Å². The maximum Gasteiger partial charge on any atom is 0.257 e. The first-order valence-electron chi connectivity index (χ1n) is 11.0. The number of carbonyl (C=O) groups excluding carboxylic acids is 1. The molecular weight excluding hydrogens is 462 g/mol. The van der Waals surface area contributed by atoms with Gasteiger partial charge in [0.15, 0.2) is 5.58 Å². The van der Waals surface area contributed by atoms with Gasteiger partial charge < -0.3 is 14.1 Å². The summed E-state index contributed by atoms with van der Waals surface area (Å²) < 4.78 is 38.6. The largest absolute Gasteiger partial charge is 0.431 e. The van der Waals surface area contributed by atoms with Gasteiger partial charge in [-0.3, -0.25) is 4.79 Å². The Bertz CT molecular complexity index is 1230. The molecule has 3 heterocycles. The first-order valence-corrected chi connectivity index (χ1v) is 13.3. The molecule has 2 aromatic carbocycles. The van der Waals surface area contributed by atoms with Crippen molar-refractivity contribution < 1.29 is 22.4 Å². The van der Waals surface area contributed by atoms with Crippen molar-refractivity contribution in [2.24, 2.45) is 0 Å². The molecular formula is C23H25N3O5S2. The number of thioether (sulfide) groups is 1. The number of amides is 1. The van der Waals surface area contributed by atoms with E-state index < -0.39 is 15.3 Å². The molecule has 3 aromatic rings. The summed E-state index contributed by atoms with van der Waals surface area (Å²) in [7, 11) is -3.63. The fourth-order valence-electron chi connectivity index (χ4n) is 4.13. The fraction of sp³-hybridized carbons (Fsp3) is 0.391. The molecule has 1 atom stereocenters. The van der Waals surface area contributed by atoms with E-state index in [4.69, 9.17) is 9.15 Å².